The molecule has 4 rings (SSSR count). The third kappa shape index (κ3) is 5.06. The molecule has 3 aromatic heterocycles. The number of carbonyl (C=O) groups excluding carboxylic acids is 1. The Balaban J connectivity index is 1.27. The van der Waals surface area contributed by atoms with E-state index >= 15 is 0 Å². The van der Waals surface area contributed by atoms with E-state index in [2.05, 4.69) is 31.3 Å². The molecule has 0 radical (unpaired) electrons. The summed E-state index contributed by atoms with van der Waals surface area (Å²) in [5.41, 5.74) is 3.97. The minimum Gasteiger partial charge on any atom is -0.353 e. The van der Waals surface area contributed by atoms with E-state index in [0.29, 0.717) is 6.42 Å². The van der Waals surface area contributed by atoms with Crippen molar-refractivity contribution >= 4 is 5.91 Å². The number of hydrogen-bond donors (Lipinski definition) is 1. The maximum Gasteiger partial charge on any atom is 0.226 e. The maximum absolute atomic E-state index is 12.3. The molecule has 1 saturated heterocycles. The van der Waals surface area contributed by atoms with E-state index in [1.54, 1.807) is 12.4 Å². The number of amides is 1. The number of aryl methyl sites for hydroxylation is 1. The Labute approximate surface area is 170 Å². The normalized spacial score (nSPS) is 15.3. The standard InChI is InChI=1S/C22H26N6O/c1-27-20(14-21(26-27)17-5-4-9-23-15-17)16-28-11-7-18(8-12-28)25-22(29)13-19-6-2-3-10-24-19/h2-6,9-10,14-15,18H,7-8,11-13,16H2,1H3,(H,25,29). The van der Waals surface area contributed by atoms with Gasteiger partial charge in [0, 0.05) is 62.6 Å². The van der Waals surface area contributed by atoms with Gasteiger partial charge in [0.25, 0.3) is 0 Å². The van der Waals surface area contributed by atoms with Crippen LogP contribution in [0.3, 0.4) is 0 Å². The Morgan fingerprint density at radius 1 is 1.17 bits per heavy atom. The number of nitrogens with zero attached hydrogens (tertiary/aromatic N) is 5. The molecule has 4 heterocycles. The van der Waals surface area contributed by atoms with Crippen molar-refractivity contribution in [2.24, 2.45) is 7.05 Å². The minimum absolute atomic E-state index is 0.0508. The smallest absolute Gasteiger partial charge is 0.226 e. The number of aromatic nitrogens is 4. The van der Waals surface area contributed by atoms with Crippen LogP contribution in [0.5, 0.6) is 0 Å². The number of pyridine rings is 2. The molecule has 0 aliphatic carbocycles. The van der Waals surface area contributed by atoms with Crippen molar-refractivity contribution in [3.63, 3.8) is 0 Å². The van der Waals surface area contributed by atoms with Gasteiger partial charge in [-0.1, -0.05) is 6.07 Å². The fourth-order valence-corrected chi connectivity index (χ4v) is 3.72. The first-order valence-corrected chi connectivity index (χ1v) is 10.0. The molecular weight excluding hydrogens is 364 g/mol. The van der Waals surface area contributed by atoms with Gasteiger partial charge in [-0.15, -0.1) is 0 Å². The fraction of sp³-hybridized carbons (Fsp3) is 0.364. The molecule has 1 aliphatic heterocycles. The highest BCUT2D eigenvalue weighted by Crippen LogP contribution is 2.20. The highest BCUT2D eigenvalue weighted by molar-refractivity contribution is 5.78. The van der Waals surface area contributed by atoms with Crippen molar-refractivity contribution in [2.75, 3.05) is 13.1 Å². The average molecular weight is 390 g/mol. The van der Waals surface area contributed by atoms with Gasteiger partial charge in [0.15, 0.2) is 0 Å². The summed E-state index contributed by atoms with van der Waals surface area (Å²) < 4.78 is 1.95. The molecule has 150 valence electrons. The van der Waals surface area contributed by atoms with Crippen LogP contribution in [0.2, 0.25) is 0 Å². The molecule has 1 fully saturated rings. The predicted molar refractivity (Wildman–Crippen MR) is 111 cm³/mol. The topological polar surface area (TPSA) is 75.9 Å². The van der Waals surface area contributed by atoms with E-state index in [1.807, 2.05) is 48.3 Å². The molecule has 1 N–H and O–H groups in total. The van der Waals surface area contributed by atoms with Crippen LogP contribution in [0.15, 0.2) is 55.0 Å². The summed E-state index contributed by atoms with van der Waals surface area (Å²) in [4.78, 5) is 23.1. The van der Waals surface area contributed by atoms with Crippen LogP contribution in [0.4, 0.5) is 0 Å². The second kappa shape index (κ2) is 8.96. The first-order valence-electron chi connectivity index (χ1n) is 10.0. The molecule has 0 aromatic carbocycles. The molecule has 3 aromatic rings. The quantitative estimate of drug-likeness (QED) is 0.698. The van der Waals surface area contributed by atoms with Crippen molar-refractivity contribution in [3.05, 3.63) is 66.4 Å². The molecule has 0 bridgehead atoms. The van der Waals surface area contributed by atoms with Gasteiger partial charge in [-0.25, -0.2) is 0 Å². The molecule has 29 heavy (non-hydrogen) atoms. The van der Waals surface area contributed by atoms with Crippen LogP contribution >= 0.6 is 0 Å². The third-order valence-electron chi connectivity index (χ3n) is 5.34. The molecule has 0 atom stereocenters. The SMILES string of the molecule is Cn1nc(-c2cccnc2)cc1CN1CCC(NC(=O)Cc2ccccn2)CC1. The summed E-state index contributed by atoms with van der Waals surface area (Å²) in [6.45, 7) is 2.78. The van der Waals surface area contributed by atoms with Crippen LogP contribution in [0.25, 0.3) is 11.3 Å². The zero-order valence-corrected chi connectivity index (χ0v) is 16.7. The molecular formula is C22H26N6O. The van der Waals surface area contributed by atoms with Crippen LogP contribution < -0.4 is 5.32 Å². The number of rotatable bonds is 6. The summed E-state index contributed by atoms with van der Waals surface area (Å²) in [6.07, 6.45) is 7.59. The van der Waals surface area contributed by atoms with Crippen LogP contribution in [-0.4, -0.2) is 49.7 Å². The van der Waals surface area contributed by atoms with Gasteiger partial charge in [-0.2, -0.15) is 5.10 Å². The molecule has 0 saturated carbocycles. The lowest BCUT2D eigenvalue weighted by Crippen LogP contribution is -2.45. The Kier molecular flexibility index (Phi) is 5.95. The Morgan fingerprint density at radius 3 is 2.76 bits per heavy atom. The Morgan fingerprint density at radius 2 is 2.03 bits per heavy atom. The van der Waals surface area contributed by atoms with Gasteiger partial charge in [-0.3, -0.25) is 24.3 Å². The van der Waals surface area contributed by atoms with Crippen molar-refractivity contribution in [1.82, 2.24) is 30.0 Å². The molecule has 1 amide bonds. The van der Waals surface area contributed by atoms with Crippen LogP contribution in [0, 0.1) is 0 Å². The first kappa shape index (κ1) is 19.3. The first-order chi connectivity index (χ1) is 14.2. The molecule has 0 unspecified atom stereocenters. The van der Waals surface area contributed by atoms with E-state index in [9.17, 15) is 4.79 Å². The van der Waals surface area contributed by atoms with Gasteiger partial charge in [-0.05, 0) is 43.2 Å². The van der Waals surface area contributed by atoms with Crippen LogP contribution in [-0.2, 0) is 24.8 Å². The summed E-state index contributed by atoms with van der Waals surface area (Å²) in [7, 11) is 1.99. The van der Waals surface area contributed by atoms with Gasteiger partial charge in [0.05, 0.1) is 17.8 Å². The van der Waals surface area contributed by atoms with E-state index < -0.39 is 0 Å². The van der Waals surface area contributed by atoms with Crippen molar-refractivity contribution in [2.45, 2.75) is 31.8 Å². The lowest BCUT2D eigenvalue weighted by Gasteiger charge is -2.32. The zero-order valence-electron chi connectivity index (χ0n) is 16.7. The monoisotopic (exact) mass is 390 g/mol. The maximum atomic E-state index is 12.3. The zero-order chi connectivity index (χ0) is 20.1. The number of nitrogens with one attached hydrogen (secondary N) is 1. The Bertz CT molecular complexity index is 932. The third-order valence-corrected chi connectivity index (χ3v) is 5.34. The van der Waals surface area contributed by atoms with Crippen molar-refractivity contribution in [3.8, 4) is 11.3 Å². The van der Waals surface area contributed by atoms with Gasteiger partial charge >= 0.3 is 0 Å². The molecule has 0 spiro atoms. The minimum atomic E-state index is 0.0508. The molecule has 7 heteroatoms. The lowest BCUT2D eigenvalue weighted by atomic mass is 10.0. The number of piperidine rings is 1. The molecule has 7 nitrogen and oxygen atoms in total. The van der Waals surface area contributed by atoms with Crippen molar-refractivity contribution < 1.29 is 4.79 Å². The number of likely N-dealkylation sites (tertiary alicyclic amines) is 1. The average Bonchev–Trinajstić information content (AvgIpc) is 3.11. The highest BCUT2D eigenvalue weighted by Gasteiger charge is 2.22. The molecule has 1 aliphatic rings. The second-order valence-corrected chi connectivity index (χ2v) is 7.50. The van der Waals surface area contributed by atoms with E-state index in [0.717, 1.165) is 49.4 Å². The largest absolute Gasteiger partial charge is 0.353 e. The van der Waals surface area contributed by atoms with E-state index in [1.165, 1.54) is 5.69 Å². The summed E-state index contributed by atoms with van der Waals surface area (Å²) in [5, 5.41) is 7.79. The second-order valence-electron chi connectivity index (χ2n) is 7.50. The van der Waals surface area contributed by atoms with Gasteiger partial charge in [0.1, 0.15) is 0 Å². The Hall–Kier alpha value is -3.06. The fourth-order valence-electron chi connectivity index (χ4n) is 3.72. The summed E-state index contributed by atoms with van der Waals surface area (Å²) in [6, 6.07) is 12.0. The lowest BCUT2D eigenvalue weighted by molar-refractivity contribution is -0.121. The summed E-state index contributed by atoms with van der Waals surface area (Å²) in [5.74, 6) is 0.0508. The van der Waals surface area contributed by atoms with Crippen molar-refractivity contribution in [1.29, 1.82) is 0 Å². The summed E-state index contributed by atoms with van der Waals surface area (Å²) >= 11 is 0. The van der Waals surface area contributed by atoms with Gasteiger partial charge < -0.3 is 5.32 Å². The van der Waals surface area contributed by atoms with E-state index in [4.69, 9.17) is 0 Å². The van der Waals surface area contributed by atoms with Gasteiger partial charge in [0.2, 0.25) is 5.91 Å². The number of carbonyl (C=O) groups is 1. The highest BCUT2D eigenvalue weighted by atomic mass is 16.1. The van der Waals surface area contributed by atoms with Crippen LogP contribution in [0.1, 0.15) is 24.2 Å². The number of hydrogen-bond acceptors (Lipinski definition) is 5. The van der Waals surface area contributed by atoms with E-state index in [-0.39, 0.29) is 11.9 Å². The predicted octanol–water partition coefficient (Wildman–Crippen LogP) is 2.20.